The Morgan fingerprint density at radius 1 is 1.00 bits per heavy atom. The summed E-state index contributed by atoms with van der Waals surface area (Å²) in [6.45, 7) is 5.31. The molecule has 0 saturated carbocycles. The van der Waals surface area contributed by atoms with Crippen LogP contribution in [0.3, 0.4) is 0 Å². The normalized spacial score (nSPS) is 11.7. The van der Waals surface area contributed by atoms with Gasteiger partial charge in [-0.2, -0.15) is 0 Å². The molecule has 5 heteroatoms. The van der Waals surface area contributed by atoms with E-state index in [0.29, 0.717) is 13.2 Å². The van der Waals surface area contributed by atoms with Gasteiger partial charge in [0.2, 0.25) is 0 Å². The molecule has 0 aliphatic heterocycles. The highest BCUT2D eigenvalue weighted by atomic mass is 32.1. The summed E-state index contributed by atoms with van der Waals surface area (Å²) in [5.74, 6) is 1.74. The van der Waals surface area contributed by atoms with E-state index in [9.17, 15) is 0 Å². The van der Waals surface area contributed by atoms with Gasteiger partial charge >= 0.3 is 0 Å². The van der Waals surface area contributed by atoms with Crippen molar-refractivity contribution in [3.63, 3.8) is 0 Å². The third-order valence-corrected chi connectivity index (χ3v) is 5.39. The Labute approximate surface area is 168 Å². The molecule has 4 aromatic rings. The van der Waals surface area contributed by atoms with Gasteiger partial charge in [0.25, 0.3) is 0 Å². The summed E-state index contributed by atoms with van der Waals surface area (Å²) in [6, 6.07) is 22.4. The van der Waals surface area contributed by atoms with Crippen molar-refractivity contribution in [3.8, 4) is 22.7 Å². The summed E-state index contributed by atoms with van der Waals surface area (Å²) in [5, 5.41) is 0. The molecule has 0 spiro atoms. The molecule has 28 heavy (non-hydrogen) atoms. The molecule has 4 rings (SSSR count). The fourth-order valence-electron chi connectivity index (χ4n) is 3.16. The van der Waals surface area contributed by atoms with Gasteiger partial charge in [-0.05, 0) is 67.9 Å². The quantitative estimate of drug-likeness (QED) is 0.429. The number of aromatic nitrogens is 1. The number of hydrogen-bond acceptors (Lipinski definition) is 4. The molecule has 2 heterocycles. The van der Waals surface area contributed by atoms with Crippen LogP contribution in [0.2, 0.25) is 0 Å². The van der Waals surface area contributed by atoms with Crippen LogP contribution in [0.25, 0.3) is 16.9 Å². The maximum Gasteiger partial charge on any atom is 0.190 e. The number of thiazole rings is 1. The van der Waals surface area contributed by atoms with E-state index in [1.807, 2.05) is 49.4 Å². The van der Waals surface area contributed by atoms with E-state index in [0.717, 1.165) is 33.3 Å². The van der Waals surface area contributed by atoms with Gasteiger partial charge in [-0.3, -0.25) is 9.56 Å². The molecule has 0 aliphatic rings. The zero-order valence-electron chi connectivity index (χ0n) is 16.0. The number of nitrogens with zero attached hydrogens (tertiary/aromatic N) is 2. The molecular formula is C23H22N2O2S. The molecule has 0 unspecified atom stereocenters. The molecule has 0 bridgehead atoms. The number of rotatable bonds is 6. The van der Waals surface area contributed by atoms with Crippen LogP contribution in [0.1, 0.15) is 17.6 Å². The van der Waals surface area contributed by atoms with Crippen LogP contribution in [0, 0.1) is 6.92 Å². The van der Waals surface area contributed by atoms with Crippen molar-refractivity contribution in [2.45, 2.75) is 20.4 Å². The summed E-state index contributed by atoms with van der Waals surface area (Å²) in [6.07, 6.45) is 1.68. The van der Waals surface area contributed by atoms with Crippen molar-refractivity contribution in [2.24, 2.45) is 4.99 Å². The van der Waals surface area contributed by atoms with Crippen LogP contribution < -0.4 is 9.54 Å². The lowest BCUT2D eigenvalue weighted by Gasteiger charge is -2.11. The maximum atomic E-state index is 5.59. The standard InChI is InChI=1S/C23H22N2O2S/c1-3-26-20-13-11-18(12-14-20)22-17(2)28-23(24-16-21-10-7-15-27-21)25(22)19-8-5-4-6-9-19/h4-15H,3,16H2,1-2H3. The van der Waals surface area contributed by atoms with E-state index in [1.165, 1.54) is 4.88 Å². The van der Waals surface area contributed by atoms with Gasteiger partial charge in [0.1, 0.15) is 18.1 Å². The molecule has 0 amide bonds. The van der Waals surface area contributed by atoms with Crippen LogP contribution >= 0.6 is 11.3 Å². The van der Waals surface area contributed by atoms with Crippen molar-refractivity contribution < 1.29 is 9.15 Å². The number of ether oxygens (including phenoxy) is 1. The van der Waals surface area contributed by atoms with Crippen molar-refractivity contribution in [2.75, 3.05) is 6.61 Å². The molecular weight excluding hydrogens is 368 g/mol. The van der Waals surface area contributed by atoms with Gasteiger partial charge in [-0.1, -0.05) is 18.2 Å². The number of aryl methyl sites for hydroxylation is 1. The molecule has 0 aliphatic carbocycles. The fourth-order valence-corrected chi connectivity index (χ4v) is 4.16. The summed E-state index contributed by atoms with van der Waals surface area (Å²) in [5.41, 5.74) is 3.38. The number of benzene rings is 2. The van der Waals surface area contributed by atoms with Gasteiger partial charge < -0.3 is 9.15 Å². The average Bonchev–Trinajstić information content (AvgIpc) is 3.35. The van der Waals surface area contributed by atoms with Crippen LogP contribution in [-0.2, 0) is 6.54 Å². The molecule has 0 fully saturated rings. The van der Waals surface area contributed by atoms with E-state index in [4.69, 9.17) is 14.1 Å². The SMILES string of the molecule is CCOc1ccc(-c2c(C)sc(=NCc3ccco3)n2-c2ccccc2)cc1. The monoisotopic (exact) mass is 390 g/mol. The molecule has 0 atom stereocenters. The number of hydrogen-bond donors (Lipinski definition) is 0. The first-order chi connectivity index (χ1) is 13.8. The first-order valence-corrected chi connectivity index (χ1v) is 10.1. The lowest BCUT2D eigenvalue weighted by Crippen LogP contribution is -2.14. The first-order valence-electron chi connectivity index (χ1n) is 9.30. The molecule has 142 valence electrons. The Bertz CT molecular complexity index is 1090. The third-order valence-electron chi connectivity index (χ3n) is 4.40. The van der Waals surface area contributed by atoms with Gasteiger partial charge in [-0.25, -0.2) is 0 Å². The van der Waals surface area contributed by atoms with Crippen molar-refractivity contribution >= 4 is 11.3 Å². The van der Waals surface area contributed by atoms with Crippen molar-refractivity contribution in [1.29, 1.82) is 0 Å². The Hall–Kier alpha value is -3.05. The highest BCUT2D eigenvalue weighted by Gasteiger charge is 2.14. The van der Waals surface area contributed by atoms with Crippen LogP contribution in [0.5, 0.6) is 5.75 Å². The lowest BCUT2D eigenvalue weighted by atomic mass is 10.1. The van der Waals surface area contributed by atoms with Gasteiger partial charge in [0.05, 0.1) is 18.6 Å². The summed E-state index contributed by atoms with van der Waals surface area (Å²) in [7, 11) is 0. The van der Waals surface area contributed by atoms with E-state index in [-0.39, 0.29) is 0 Å². The molecule has 0 N–H and O–H groups in total. The summed E-state index contributed by atoms with van der Waals surface area (Å²) < 4.78 is 13.3. The van der Waals surface area contributed by atoms with Crippen LogP contribution in [-0.4, -0.2) is 11.2 Å². The minimum absolute atomic E-state index is 0.516. The Kier molecular flexibility index (Phi) is 5.44. The number of furan rings is 1. The van der Waals surface area contributed by atoms with Gasteiger partial charge in [0, 0.05) is 10.6 Å². The number of para-hydroxylation sites is 1. The van der Waals surface area contributed by atoms with E-state index < -0.39 is 0 Å². The minimum atomic E-state index is 0.516. The second kappa shape index (κ2) is 8.31. The Morgan fingerprint density at radius 3 is 2.46 bits per heavy atom. The molecule has 0 radical (unpaired) electrons. The van der Waals surface area contributed by atoms with Gasteiger partial charge in [-0.15, -0.1) is 11.3 Å². The fraction of sp³-hybridized carbons (Fsp3) is 0.174. The maximum absolute atomic E-state index is 5.59. The van der Waals surface area contributed by atoms with Crippen LogP contribution in [0.4, 0.5) is 0 Å². The second-order valence-corrected chi connectivity index (χ2v) is 7.50. The molecule has 0 saturated heterocycles. The summed E-state index contributed by atoms with van der Waals surface area (Å²) in [4.78, 5) is 7.00. The predicted molar refractivity (Wildman–Crippen MR) is 113 cm³/mol. The first kappa shape index (κ1) is 18.3. The van der Waals surface area contributed by atoms with Gasteiger partial charge in [0.15, 0.2) is 4.80 Å². The average molecular weight is 391 g/mol. The second-order valence-electron chi connectivity index (χ2n) is 6.31. The molecule has 4 nitrogen and oxygen atoms in total. The zero-order valence-corrected chi connectivity index (χ0v) is 16.8. The van der Waals surface area contributed by atoms with Crippen molar-refractivity contribution in [3.05, 3.63) is 88.4 Å². The Balaban J connectivity index is 1.84. The topological polar surface area (TPSA) is 39.7 Å². The van der Waals surface area contributed by atoms with Crippen LogP contribution in [0.15, 0.2) is 82.4 Å². The largest absolute Gasteiger partial charge is 0.494 e. The van der Waals surface area contributed by atoms with E-state index in [1.54, 1.807) is 17.6 Å². The summed E-state index contributed by atoms with van der Waals surface area (Å²) >= 11 is 1.69. The Morgan fingerprint density at radius 2 is 1.79 bits per heavy atom. The molecule has 2 aromatic heterocycles. The molecule has 2 aromatic carbocycles. The lowest BCUT2D eigenvalue weighted by molar-refractivity contribution is 0.340. The highest BCUT2D eigenvalue weighted by Crippen LogP contribution is 2.29. The van der Waals surface area contributed by atoms with E-state index in [2.05, 4.69) is 35.8 Å². The minimum Gasteiger partial charge on any atom is -0.494 e. The zero-order chi connectivity index (χ0) is 19.3. The van der Waals surface area contributed by atoms with Crippen molar-refractivity contribution in [1.82, 2.24) is 4.57 Å². The predicted octanol–water partition coefficient (Wildman–Crippen LogP) is 5.61. The highest BCUT2D eigenvalue weighted by molar-refractivity contribution is 7.09. The smallest absolute Gasteiger partial charge is 0.190 e. The third kappa shape index (κ3) is 3.80. The van der Waals surface area contributed by atoms with E-state index >= 15 is 0 Å².